The van der Waals surface area contributed by atoms with Crippen molar-refractivity contribution in [3.8, 4) is 11.3 Å². The van der Waals surface area contributed by atoms with E-state index >= 15 is 0 Å². The summed E-state index contributed by atoms with van der Waals surface area (Å²) in [6, 6.07) is 20.0. The Morgan fingerprint density at radius 3 is 2.35 bits per heavy atom. The number of carbonyl (C=O) groups is 1. The molecular formula is C22H22IrNO2-. The van der Waals surface area contributed by atoms with Gasteiger partial charge in [0.05, 0.1) is 11.3 Å². The number of aryl methyl sites for hydroxylation is 2. The number of nitrogens with zero attached hydrogens (tertiary/aromatic N) is 1. The van der Waals surface area contributed by atoms with Crippen LogP contribution in [0.2, 0.25) is 0 Å². The quantitative estimate of drug-likeness (QED) is 0.279. The average molecular weight is 525 g/mol. The van der Waals surface area contributed by atoms with Crippen LogP contribution in [0.1, 0.15) is 25.0 Å². The van der Waals surface area contributed by atoms with E-state index in [2.05, 4.69) is 50.2 Å². The van der Waals surface area contributed by atoms with Gasteiger partial charge >= 0.3 is 0 Å². The van der Waals surface area contributed by atoms with Crippen LogP contribution in [0, 0.1) is 19.9 Å². The molecular weight excluding hydrogens is 502 g/mol. The van der Waals surface area contributed by atoms with Crippen LogP contribution in [0.5, 0.6) is 0 Å². The van der Waals surface area contributed by atoms with Crippen LogP contribution < -0.4 is 0 Å². The molecule has 3 nitrogen and oxygen atoms in total. The largest absolute Gasteiger partial charge is 0.512 e. The fraction of sp³-hybridized carbons (Fsp3) is 0.182. The van der Waals surface area contributed by atoms with E-state index in [-0.39, 0.29) is 31.6 Å². The third-order valence-corrected chi connectivity index (χ3v) is 3.43. The molecule has 0 amide bonds. The maximum Gasteiger partial charge on any atom is 0.155 e. The van der Waals surface area contributed by atoms with E-state index < -0.39 is 0 Å². The number of ketones is 1. The molecule has 1 radical (unpaired) electrons. The molecule has 0 atom stereocenters. The first-order valence-electron chi connectivity index (χ1n) is 8.10. The summed E-state index contributed by atoms with van der Waals surface area (Å²) in [7, 11) is 0. The van der Waals surface area contributed by atoms with E-state index in [9.17, 15) is 4.79 Å². The van der Waals surface area contributed by atoms with E-state index in [1.165, 1.54) is 30.9 Å². The van der Waals surface area contributed by atoms with E-state index in [1.54, 1.807) is 0 Å². The normalized spacial score (nSPS) is 10.5. The van der Waals surface area contributed by atoms with Crippen LogP contribution in [0.25, 0.3) is 22.2 Å². The first kappa shape index (κ1) is 21.8. The standard InChI is InChI=1S/C17H14N.C5H8O2.Ir/c1-12-9-13(2)11-15(10-12)17-8-7-14-5-3-4-6-16(14)18-17;1-4(6)3-5(2)7;/h3-10H,1-2H3;3,6H,1-2H3;/q-1;;. The van der Waals surface area contributed by atoms with Crippen molar-refractivity contribution in [1.29, 1.82) is 0 Å². The van der Waals surface area contributed by atoms with Crippen molar-refractivity contribution >= 4 is 16.7 Å². The first-order chi connectivity index (χ1) is 11.8. The summed E-state index contributed by atoms with van der Waals surface area (Å²) < 4.78 is 0. The molecule has 137 valence electrons. The van der Waals surface area contributed by atoms with Crippen molar-refractivity contribution in [2.75, 3.05) is 0 Å². The monoisotopic (exact) mass is 525 g/mol. The van der Waals surface area contributed by atoms with Crippen LogP contribution in [0.15, 0.2) is 60.4 Å². The van der Waals surface area contributed by atoms with Gasteiger partial charge in [0.1, 0.15) is 0 Å². The van der Waals surface area contributed by atoms with Crippen LogP contribution in [0.3, 0.4) is 0 Å². The third kappa shape index (κ3) is 6.55. The maximum atomic E-state index is 10.0. The Morgan fingerprint density at radius 1 is 1.08 bits per heavy atom. The van der Waals surface area contributed by atoms with Gasteiger partial charge in [-0.2, -0.15) is 0 Å². The average Bonchev–Trinajstić information content (AvgIpc) is 2.53. The van der Waals surface area contributed by atoms with Crippen molar-refractivity contribution < 1.29 is 30.0 Å². The van der Waals surface area contributed by atoms with E-state index in [4.69, 9.17) is 10.1 Å². The van der Waals surface area contributed by atoms with Gasteiger partial charge in [-0.25, -0.2) is 0 Å². The Kier molecular flexibility index (Phi) is 8.37. The van der Waals surface area contributed by atoms with Gasteiger partial charge in [0.25, 0.3) is 0 Å². The van der Waals surface area contributed by atoms with E-state index in [1.807, 2.05) is 18.2 Å². The second kappa shape index (κ2) is 10.0. The molecule has 0 fully saturated rings. The molecule has 0 spiro atoms. The molecule has 0 saturated carbocycles. The van der Waals surface area contributed by atoms with Crippen molar-refractivity contribution in [3.05, 3.63) is 77.6 Å². The van der Waals surface area contributed by atoms with Crippen LogP contribution in [0.4, 0.5) is 0 Å². The molecule has 0 aliphatic rings. The number of hydrogen-bond donors (Lipinski definition) is 1. The number of para-hydroxylation sites is 1. The molecule has 4 heteroatoms. The topological polar surface area (TPSA) is 50.2 Å². The summed E-state index contributed by atoms with van der Waals surface area (Å²) in [5.41, 5.74) is 5.48. The molecule has 0 unspecified atom stereocenters. The number of aromatic nitrogens is 1. The van der Waals surface area contributed by atoms with Crippen molar-refractivity contribution in [3.63, 3.8) is 0 Å². The number of pyridine rings is 1. The predicted octanol–water partition coefficient (Wildman–Crippen LogP) is 5.35. The summed E-state index contributed by atoms with van der Waals surface area (Å²) >= 11 is 0. The Labute approximate surface area is 168 Å². The zero-order valence-corrected chi connectivity index (χ0v) is 17.7. The second-order valence-corrected chi connectivity index (χ2v) is 6.04. The number of allylic oxidation sites excluding steroid dienone is 2. The Hall–Kier alpha value is -2.29. The van der Waals surface area contributed by atoms with Gasteiger partial charge < -0.3 is 5.11 Å². The summed E-state index contributed by atoms with van der Waals surface area (Å²) in [6.45, 7) is 7.02. The Morgan fingerprint density at radius 2 is 1.77 bits per heavy atom. The van der Waals surface area contributed by atoms with Crippen molar-refractivity contribution in [1.82, 2.24) is 4.98 Å². The van der Waals surface area contributed by atoms with Gasteiger partial charge in [-0.05, 0) is 31.0 Å². The minimum absolute atomic E-state index is 0. The van der Waals surface area contributed by atoms with Gasteiger partial charge in [-0.1, -0.05) is 44.2 Å². The van der Waals surface area contributed by atoms with Gasteiger partial charge in [0.15, 0.2) is 5.78 Å². The molecule has 0 aliphatic heterocycles. The number of carbonyl (C=O) groups excluding carboxylic acids is 1. The molecule has 0 aliphatic carbocycles. The minimum Gasteiger partial charge on any atom is -0.512 e. The van der Waals surface area contributed by atoms with E-state index in [0.29, 0.717) is 0 Å². The summed E-state index contributed by atoms with van der Waals surface area (Å²) in [4.78, 5) is 14.7. The summed E-state index contributed by atoms with van der Waals surface area (Å²) in [5, 5.41) is 9.53. The van der Waals surface area contributed by atoms with Crippen molar-refractivity contribution in [2.45, 2.75) is 27.7 Å². The number of rotatable bonds is 2. The number of fused-ring (bicyclic) bond motifs is 1. The molecule has 1 heterocycles. The number of aliphatic hydroxyl groups excluding tert-OH is 1. The van der Waals surface area contributed by atoms with Gasteiger partial charge in [0, 0.05) is 26.2 Å². The van der Waals surface area contributed by atoms with Gasteiger partial charge in [0.2, 0.25) is 0 Å². The Bertz CT molecular complexity index is 908. The minimum atomic E-state index is -0.125. The fourth-order valence-corrected chi connectivity index (χ4v) is 2.54. The van der Waals surface area contributed by atoms with Gasteiger partial charge in [-0.3, -0.25) is 9.78 Å². The molecule has 0 bridgehead atoms. The molecule has 2 aromatic carbocycles. The molecule has 1 N–H and O–H groups in total. The summed E-state index contributed by atoms with van der Waals surface area (Å²) in [5.74, 6) is -0.0625. The first-order valence-corrected chi connectivity index (χ1v) is 8.10. The third-order valence-electron chi connectivity index (χ3n) is 3.43. The Balaban J connectivity index is 0.000000366. The molecule has 3 rings (SSSR count). The van der Waals surface area contributed by atoms with Gasteiger partial charge in [-0.15, -0.1) is 34.9 Å². The van der Waals surface area contributed by atoms with E-state index in [0.717, 1.165) is 22.3 Å². The fourth-order valence-electron chi connectivity index (χ4n) is 2.54. The van der Waals surface area contributed by atoms with Crippen LogP contribution >= 0.6 is 0 Å². The second-order valence-electron chi connectivity index (χ2n) is 6.04. The zero-order valence-electron chi connectivity index (χ0n) is 15.3. The molecule has 3 aromatic rings. The molecule has 0 saturated heterocycles. The molecule has 1 aromatic heterocycles. The number of aliphatic hydroxyl groups is 1. The predicted molar refractivity (Wildman–Crippen MR) is 103 cm³/mol. The van der Waals surface area contributed by atoms with Crippen LogP contribution in [-0.4, -0.2) is 15.9 Å². The molecule has 26 heavy (non-hydrogen) atoms. The zero-order chi connectivity index (χ0) is 18.4. The summed E-state index contributed by atoms with van der Waals surface area (Å²) in [6.07, 6.45) is 1.17. The maximum absolute atomic E-state index is 10.0. The number of hydrogen-bond acceptors (Lipinski definition) is 3. The van der Waals surface area contributed by atoms with Crippen molar-refractivity contribution in [2.24, 2.45) is 0 Å². The smallest absolute Gasteiger partial charge is 0.155 e. The number of benzene rings is 2. The SMILES string of the molecule is CC(=O)C=C(C)O.Cc1[c-]c(-c2ccc3ccccc3n2)cc(C)c1.[Ir]. The van der Waals surface area contributed by atoms with Crippen LogP contribution in [-0.2, 0) is 24.9 Å².